The Morgan fingerprint density at radius 3 is 2.85 bits per heavy atom. The number of rotatable bonds is 3. The molecule has 0 radical (unpaired) electrons. The molecule has 4 heteroatoms. The van der Waals surface area contributed by atoms with Crippen LogP contribution in [0.4, 0.5) is 4.39 Å². The van der Waals surface area contributed by atoms with Gasteiger partial charge < -0.3 is 4.74 Å². The van der Waals surface area contributed by atoms with E-state index >= 15 is 0 Å². The average Bonchev–Trinajstić information content (AvgIpc) is 2.86. The maximum atomic E-state index is 13.0. The van der Waals surface area contributed by atoms with E-state index in [0.717, 1.165) is 16.9 Å². The van der Waals surface area contributed by atoms with Crippen LogP contribution < -0.4 is 4.74 Å². The lowest BCUT2D eigenvalue weighted by Crippen LogP contribution is -2.27. The number of carbonyl (C=O) groups excluding carboxylic acids is 1. The lowest BCUT2D eigenvalue weighted by molar-refractivity contribution is -0.124. The average molecular weight is 335 g/mol. The Bertz CT molecular complexity index is 644. The predicted octanol–water partition coefficient (Wildman–Crippen LogP) is 3.70. The van der Waals surface area contributed by atoms with Crippen LogP contribution in [0.1, 0.15) is 11.1 Å². The fraction of sp³-hybridized carbons (Fsp3) is 0.188. The number of halogens is 2. The Morgan fingerprint density at radius 2 is 2.10 bits per heavy atom. The van der Waals surface area contributed by atoms with Gasteiger partial charge in [-0.15, -0.1) is 0 Å². The molecule has 0 saturated carbocycles. The second kappa shape index (κ2) is 5.37. The van der Waals surface area contributed by atoms with Crippen molar-refractivity contribution in [3.63, 3.8) is 0 Å². The van der Waals surface area contributed by atoms with E-state index in [-0.39, 0.29) is 18.0 Å². The van der Waals surface area contributed by atoms with E-state index in [9.17, 15) is 9.18 Å². The monoisotopic (exact) mass is 334 g/mol. The first kappa shape index (κ1) is 13.3. The lowest BCUT2D eigenvalue weighted by Gasteiger charge is -2.10. The maximum Gasteiger partial charge on any atom is 0.178 e. The van der Waals surface area contributed by atoms with Gasteiger partial charge in [0, 0.05) is 17.3 Å². The summed E-state index contributed by atoms with van der Waals surface area (Å²) >= 11 is 3.28. The number of ketones is 1. The third-order valence-electron chi connectivity index (χ3n) is 3.39. The Hall–Kier alpha value is -1.68. The first-order chi connectivity index (χ1) is 9.63. The number of benzene rings is 2. The molecule has 2 aromatic rings. The Balaban J connectivity index is 1.72. The highest BCUT2D eigenvalue weighted by molar-refractivity contribution is 9.10. The third kappa shape index (κ3) is 2.61. The number of hydrogen-bond acceptors (Lipinski definition) is 2. The van der Waals surface area contributed by atoms with Crippen molar-refractivity contribution in [3.05, 3.63) is 63.9 Å². The van der Waals surface area contributed by atoms with Gasteiger partial charge in [0.15, 0.2) is 11.9 Å². The van der Waals surface area contributed by atoms with Gasteiger partial charge in [-0.1, -0.05) is 40.2 Å². The van der Waals surface area contributed by atoms with E-state index in [4.69, 9.17) is 4.74 Å². The maximum absolute atomic E-state index is 13.0. The molecule has 3 rings (SSSR count). The molecule has 0 bridgehead atoms. The minimum Gasteiger partial charge on any atom is -0.482 e. The van der Waals surface area contributed by atoms with Gasteiger partial charge in [-0.3, -0.25) is 4.79 Å². The van der Waals surface area contributed by atoms with Crippen molar-refractivity contribution in [2.45, 2.75) is 18.9 Å². The summed E-state index contributed by atoms with van der Waals surface area (Å²) in [4.78, 5) is 12.3. The molecule has 0 N–H and O–H groups in total. The molecule has 0 spiro atoms. The number of para-hydroxylation sites is 1. The zero-order chi connectivity index (χ0) is 14.1. The smallest absolute Gasteiger partial charge is 0.178 e. The molecule has 20 heavy (non-hydrogen) atoms. The standard InChI is InChI=1S/C16H12BrFO2/c17-13-9-12(18)6-5-10(13)7-14(19)16-8-11-3-1-2-4-15(11)20-16/h1-6,9,16H,7-8H2. The van der Waals surface area contributed by atoms with E-state index in [1.807, 2.05) is 24.3 Å². The van der Waals surface area contributed by atoms with Crippen LogP contribution >= 0.6 is 15.9 Å². The molecule has 0 fully saturated rings. The first-order valence-electron chi connectivity index (χ1n) is 6.34. The number of fused-ring (bicyclic) bond motifs is 1. The summed E-state index contributed by atoms with van der Waals surface area (Å²) < 4.78 is 19.3. The molecular weight excluding hydrogens is 323 g/mol. The van der Waals surface area contributed by atoms with Crippen LogP contribution in [-0.2, 0) is 17.6 Å². The quantitative estimate of drug-likeness (QED) is 0.855. The number of hydrogen-bond donors (Lipinski definition) is 0. The molecule has 0 amide bonds. The topological polar surface area (TPSA) is 26.3 Å². The van der Waals surface area contributed by atoms with E-state index in [2.05, 4.69) is 15.9 Å². The molecule has 0 aliphatic carbocycles. The van der Waals surface area contributed by atoms with Gasteiger partial charge in [0.25, 0.3) is 0 Å². The third-order valence-corrected chi connectivity index (χ3v) is 4.12. The van der Waals surface area contributed by atoms with Crippen LogP contribution in [0.3, 0.4) is 0 Å². The van der Waals surface area contributed by atoms with Crippen LogP contribution in [0.15, 0.2) is 46.9 Å². The molecule has 2 aromatic carbocycles. The predicted molar refractivity (Wildman–Crippen MR) is 77.4 cm³/mol. The number of ether oxygens (including phenoxy) is 1. The van der Waals surface area contributed by atoms with Crippen molar-refractivity contribution in [3.8, 4) is 5.75 Å². The molecular formula is C16H12BrFO2. The minimum atomic E-state index is -0.440. The molecule has 1 heterocycles. The Kier molecular flexibility index (Phi) is 3.57. The van der Waals surface area contributed by atoms with Crippen molar-refractivity contribution in [2.75, 3.05) is 0 Å². The van der Waals surface area contributed by atoms with Gasteiger partial charge in [-0.2, -0.15) is 0 Å². The minimum absolute atomic E-state index is 0.00788. The van der Waals surface area contributed by atoms with Crippen LogP contribution in [0.25, 0.3) is 0 Å². The van der Waals surface area contributed by atoms with Crippen molar-refractivity contribution < 1.29 is 13.9 Å². The summed E-state index contributed by atoms with van der Waals surface area (Å²) in [6.45, 7) is 0. The van der Waals surface area contributed by atoms with E-state index < -0.39 is 6.10 Å². The second-order valence-electron chi connectivity index (χ2n) is 4.80. The normalized spacial score (nSPS) is 16.6. The molecule has 2 nitrogen and oxygen atoms in total. The van der Waals surface area contributed by atoms with Gasteiger partial charge in [0.2, 0.25) is 0 Å². The van der Waals surface area contributed by atoms with Crippen molar-refractivity contribution in [2.24, 2.45) is 0 Å². The molecule has 1 aliphatic rings. The van der Waals surface area contributed by atoms with Gasteiger partial charge in [0.1, 0.15) is 11.6 Å². The highest BCUT2D eigenvalue weighted by Gasteiger charge is 2.28. The zero-order valence-electron chi connectivity index (χ0n) is 10.6. The van der Waals surface area contributed by atoms with Crippen molar-refractivity contribution in [1.29, 1.82) is 0 Å². The summed E-state index contributed by atoms with van der Waals surface area (Å²) in [6, 6.07) is 12.0. The van der Waals surface area contributed by atoms with Crippen LogP contribution in [0, 0.1) is 5.82 Å². The Labute approximate surface area is 124 Å². The zero-order valence-corrected chi connectivity index (χ0v) is 12.2. The number of Topliss-reactive ketones (excluding diaryl/α,β-unsaturated/α-hetero) is 1. The summed E-state index contributed by atoms with van der Waals surface area (Å²) in [5.74, 6) is 0.468. The van der Waals surface area contributed by atoms with E-state index in [1.165, 1.54) is 12.1 Å². The molecule has 1 unspecified atom stereocenters. The van der Waals surface area contributed by atoms with E-state index in [1.54, 1.807) is 6.07 Å². The fourth-order valence-corrected chi connectivity index (χ4v) is 2.82. The summed E-state index contributed by atoms with van der Waals surface area (Å²) in [7, 11) is 0. The molecule has 102 valence electrons. The van der Waals surface area contributed by atoms with E-state index in [0.29, 0.717) is 10.9 Å². The largest absolute Gasteiger partial charge is 0.482 e. The van der Waals surface area contributed by atoms with Crippen LogP contribution in [0.2, 0.25) is 0 Å². The van der Waals surface area contributed by atoms with Crippen LogP contribution in [-0.4, -0.2) is 11.9 Å². The van der Waals surface area contributed by atoms with Crippen molar-refractivity contribution in [1.82, 2.24) is 0 Å². The summed E-state index contributed by atoms with van der Waals surface area (Å²) in [6.07, 6.45) is 0.400. The molecule has 0 saturated heterocycles. The summed E-state index contributed by atoms with van der Waals surface area (Å²) in [5, 5.41) is 0. The summed E-state index contributed by atoms with van der Waals surface area (Å²) in [5.41, 5.74) is 1.83. The highest BCUT2D eigenvalue weighted by atomic mass is 79.9. The fourth-order valence-electron chi connectivity index (χ4n) is 2.33. The second-order valence-corrected chi connectivity index (χ2v) is 5.65. The molecule has 1 aliphatic heterocycles. The molecule has 1 atom stereocenters. The van der Waals surface area contributed by atoms with Gasteiger partial charge in [-0.25, -0.2) is 4.39 Å². The van der Waals surface area contributed by atoms with Crippen LogP contribution in [0.5, 0.6) is 5.75 Å². The number of carbonyl (C=O) groups is 1. The van der Waals surface area contributed by atoms with Gasteiger partial charge >= 0.3 is 0 Å². The van der Waals surface area contributed by atoms with Gasteiger partial charge in [0.05, 0.1) is 0 Å². The van der Waals surface area contributed by atoms with Gasteiger partial charge in [-0.05, 0) is 29.3 Å². The SMILES string of the molecule is O=C(Cc1ccc(F)cc1Br)C1Cc2ccccc2O1. The highest BCUT2D eigenvalue weighted by Crippen LogP contribution is 2.29. The molecule has 0 aromatic heterocycles. The Morgan fingerprint density at radius 1 is 1.30 bits per heavy atom. The first-order valence-corrected chi connectivity index (χ1v) is 7.14. The van der Waals surface area contributed by atoms with Crippen molar-refractivity contribution >= 4 is 21.7 Å². The lowest BCUT2D eigenvalue weighted by atomic mass is 10.0.